The molecular formula is C37H66N4O7. The van der Waals surface area contributed by atoms with Gasteiger partial charge in [0, 0.05) is 30.8 Å². The molecule has 1 amide bonds. The van der Waals surface area contributed by atoms with Gasteiger partial charge in [0.05, 0.1) is 0 Å². The summed E-state index contributed by atoms with van der Waals surface area (Å²) in [5.74, 6) is -1.15. The molecule has 2 N–H and O–H groups in total. The van der Waals surface area contributed by atoms with Gasteiger partial charge < -0.3 is 29.4 Å². The Kier molecular flexibility index (Phi) is 19.0. The molecule has 2 unspecified atom stereocenters. The molecule has 0 bridgehead atoms. The molecule has 0 aromatic carbocycles. The van der Waals surface area contributed by atoms with Crippen molar-refractivity contribution in [2.75, 3.05) is 19.6 Å². The molecular weight excluding hydrogens is 612 g/mol. The number of hydrogen-bond donors (Lipinski definition) is 2. The number of rotatable bonds is 25. The van der Waals surface area contributed by atoms with E-state index in [1.165, 1.54) is 17.7 Å². The summed E-state index contributed by atoms with van der Waals surface area (Å²) in [7, 11) is 0. The van der Waals surface area contributed by atoms with Gasteiger partial charge in [0.1, 0.15) is 36.7 Å². The second kappa shape index (κ2) is 21.2. The quantitative estimate of drug-likeness (QED) is 0.0853. The Morgan fingerprint density at radius 3 is 2.00 bits per heavy atom. The summed E-state index contributed by atoms with van der Waals surface area (Å²) in [6, 6.07) is 0. The van der Waals surface area contributed by atoms with Crippen molar-refractivity contribution in [1.29, 1.82) is 0 Å². The van der Waals surface area contributed by atoms with Crippen LogP contribution in [0.1, 0.15) is 145 Å². The number of unbranched alkanes of at least 4 members (excludes halogenated alkanes) is 7. The number of carbonyl (C=O) groups is 4. The standard InChI is InChI=1S/C37H66N4O7/c1-10-29(3)24-36(7,8)48-34(46)28-41(27-33(45)47-35(4,5)6)31(42)26-40-23-22-38-30(40)25-37(9,11-2)39-21-19-17-15-13-12-14-16-18-20-32(43)44/h22-23,29,39H,10-21,24-28H2,1-9H3,(H,43,44). The minimum absolute atomic E-state index is 0.0717. The topological polar surface area (TPSA) is 140 Å². The van der Waals surface area contributed by atoms with Gasteiger partial charge in [-0.1, -0.05) is 65.7 Å². The van der Waals surface area contributed by atoms with E-state index in [1.54, 1.807) is 37.7 Å². The Hall–Kier alpha value is -2.95. The second-order valence-corrected chi connectivity index (χ2v) is 15.2. The van der Waals surface area contributed by atoms with E-state index in [2.05, 4.69) is 38.0 Å². The van der Waals surface area contributed by atoms with Crippen molar-refractivity contribution in [3.05, 3.63) is 18.2 Å². The lowest BCUT2D eigenvalue weighted by Gasteiger charge is -2.31. The number of imidazole rings is 1. The number of nitrogens with one attached hydrogen (secondary N) is 1. The van der Waals surface area contributed by atoms with Crippen molar-refractivity contribution in [3.8, 4) is 0 Å². The summed E-state index contributed by atoms with van der Waals surface area (Å²) in [4.78, 5) is 55.8. The van der Waals surface area contributed by atoms with Gasteiger partial charge in [-0.2, -0.15) is 0 Å². The summed E-state index contributed by atoms with van der Waals surface area (Å²) in [5, 5.41) is 12.4. The first-order valence-electron chi connectivity index (χ1n) is 18.1. The van der Waals surface area contributed by atoms with Crippen LogP contribution in [-0.2, 0) is 41.6 Å². The lowest BCUT2D eigenvalue weighted by molar-refractivity contribution is -0.165. The van der Waals surface area contributed by atoms with Crippen LogP contribution in [0.5, 0.6) is 0 Å². The van der Waals surface area contributed by atoms with Crippen LogP contribution in [0.2, 0.25) is 0 Å². The van der Waals surface area contributed by atoms with Crippen molar-refractivity contribution < 1.29 is 33.8 Å². The molecule has 0 saturated heterocycles. The monoisotopic (exact) mass is 678 g/mol. The maximum Gasteiger partial charge on any atom is 0.326 e. The van der Waals surface area contributed by atoms with Gasteiger partial charge in [-0.05, 0) is 79.7 Å². The molecule has 0 fully saturated rings. The zero-order chi connectivity index (χ0) is 36.4. The molecule has 11 nitrogen and oxygen atoms in total. The average Bonchev–Trinajstić information content (AvgIpc) is 3.39. The van der Waals surface area contributed by atoms with Crippen molar-refractivity contribution in [2.24, 2.45) is 5.92 Å². The van der Waals surface area contributed by atoms with Crippen LogP contribution in [0.25, 0.3) is 0 Å². The Balaban J connectivity index is 2.79. The zero-order valence-corrected chi connectivity index (χ0v) is 31.5. The molecule has 1 aromatic heterocycles. The molecule has 276 valence electrons. The Morgan fingerprint density at radius 1 is 0.896 bits per heavy atom. The van der Waals surface area contributed by atoms with Gasteiger partial charge in [-0.3, -0.25) is 19.2 Å². The Bertz CT molecular complexity index is 1130. The molecule has 11 heteroatoms. The number of nitrogens with zero attached hydrogens (tertiary/aromatic N) is 3. The van der Waals surface area contributed by atoms with Gasteiger partial charge in [-0.25, -0.2) is 4.98 Å². The highest BCUT2D eigenvalue weighted by molar-refractivity contribution is 5.86. The van der Waals surface area contributed by atoms with Gasteiger partial charge in [0.25, 0.3) is 0 Å². The molecule has 0 radical (unpaired) electrons. The van der Waals surface area contributed by atoms with E-state index < -0.39 is 35.0 Å². The van der Waals surface area contributed by atoms with E-state index in [0.29, 0.717) is 18.8 Å². The SMILES string of the molecule is CCC(C)CC(C)(C)OC(=O)CN(CC(=O)OC(C)(C)C)C(=O)Cn1ccnc1CC(C)(CC)NCCCCCCCCCCC(=O)O. The summed E-state index contributed by atoms with van der Waals surface area (Å²) in [6.07, 6.45) is 15.3. The van der Waals surface area contributed by atoms with Gasteiger partial charge >= 0.3 is 17.9 Å². The number of carboxylic acids is 1. The van der Waals surface area contributed by atoms with Crippen molar-refractivity contribution in [3.63, 3.8) is 0 Å². The Morgan fingerprint density at radius 2 is 1.46 bits per heavy atom. The predicted molar refractivity (Wildman–Crippen MR) is 188 cm³/mol. The number of aliphatic carboxylic acids is 1. The van der Waals surface area contributed by atoms with Crippen LogP contribution >= 0.6 is 0 Å². The molecule has 1 aromatic rings. The van der Waals surface area contributed by atoms with Crippen LogP contribution in [-0.4, -0.2) is 79.7 Å². The smallest absolute Gasteiger partial charge is 0.326 e. The largest absolute Gasteiger partial charge is 0.481 e. The summed E-state index contributed by atoms with van der Waals surface area (Å²) in [5.41, 5.74) is -1.66. The van der Waals surface area contributed by atoms with Crippen LogP contribution in [0.3, 0.4) is 0 Å². The first kappa shape index (κ1) is 43.1. The predicted octanol–water partition coefficient (Wildman–Crippen LogP) is 6.71. The minimum atomic E-state index is -0.732. The fourth-order valence-corrected chi connectivity index (χ4v) is 5.69. The van der Waals surface area contributed by atoms with Gasteiger partial charge in [-0.15, -0.1) is 0 Å². The molecule has 0 aliphatic carbocycles. The van der Waals surface area contributed by atoms with E-state index in [4.69, 9.17) is 14.6 Å². The number of carbonyl (C=O) groups excluding carboxylic acids is 3. The number of carboxylic acid groups (broad SMARTS) is 1. The molecule has 48 heavy (non-hydrogen) atoms. The fourth-order valence-electron chi connectivity index (χ4n) is 5.69. The van der Waals surface area contributed by atoms with E-state index in [-0.39, 0.29) is 31.6 Å². The van der Waals surface area contributed by atoms with Crippen LogP contribution in [0, 0.1) is 5.92 Å². The molecule has 1 heterocycles. The van der Waals surface area contributed by atoms with Crippen LogP contribution in [0.4, 0.5) is 0 Å². The van der Waals surface area contributed by atoms with Crippen molar-refractivity contribution in [1.82, 2.24) is 19.8 Å². The summed E-state index contributed by atoms with van der Waals surface area (Å²) < 4.78 is 13.0. The van der Waals surface area contributed by atoms with E-state index in [0.717, 1.165) is 63.7 Å². The highest BCUT2D eigenvalue weighted by Crippen LogP contribution is 2.23. The molecule has 1 rings (SSSR count). The highest BCUT2D eigenvalue weighted by Gasteiger charge is 2.30. The van der Waals surface area contributed by atoms with Gasteiger partial charge in [0.2, 0.25) is 5.91 Å². The third kappa shape index (κ3) is 19.1. The average molecular weight is 679 g/mol. The first-order valence-corrected chi connectivity index (χ1v) is 18.1. The van der Waals surface area contributed by atoms with Gasteiger partial charge in [0.15, 0.2) is 0 Å². The number of ether oxygens (including phenoxy) is 2. The van der Waals surface area contributed by atoms with E-state index in [1.807, 2.05) is 13.8 Å². The number of hydrogen-bond acceptors (Lipinski definition) is 8. The van der Waals surface area contributed by atoms with Crippen molar-refractivity contribution in [2.45, 2.75) is 169 Å². The van der Waals surface area contributed by atoms with E-state index in [9.17, 15) is 19.2 Å². The summed E-state index contributed by atoms with van der Waals surface area (Å²) >= 11 is 0. The number of amides is 1. The molecule has 0 saturated carbocycles. The number of aromatic nitrogens is 2. The molecule has 0 aliphatic heterocycles. The zero-order valence-electron chi connectivity index (χ0n) is 31.5. The van der Waals surface area contributed by atoms with Crippen LogP contribution < -0.4 is 5.32 Å². The third-order valence-electron chi connectivity index (χ3n) is 8.64. The summed E-state index contributed by atoms with van der Waals surface area (Å²) in [6.45, 7) is 17.6. The lowest BCUT2D eigenvalue weighted by atomic mass is 9.93. The van der Waals surface area contributed by atoms with Crippen LogP contribution in [0.15, 0.2) is 12.4 Å². The molecule has 2 atom stereocenters. The first-order chi connectivity index (χ1) is 22.4. The minimum Gasteiger partial charge on any atom is -0.481 e. The van der Waals surface area contributed by atoms with E-state index >= 15 is 0 Å². The molecule has 0 spiro atoms. The normalized spacial score (nSPS) is 13.9. The third-order valence-corrected chi connectivity index (χ3v) is 8.64. The Labute approximate surface area is 289 Å². The molecule has 0 aliphatic rings. The van der Waals surface area contributed by atoms with Crippen molar-refractivity contribution >= 4 is 23.8 Å². The number of esters is 2. The fraction of sp³-hybridized carbons (Fsp3) is 0.811. The second-order valence-electron chi connectivity index (χ2n) is 15.2. The lowest BCUT2D eigenvalue weighted by Crippen LogP contribution is -2.46. The maximum atomic E-state index is 13.6. The maximum absolute atomic E-state index is 13.6. The highest BCUT2D eigenvalue weighted by atomic mass is 16.6.